The Balaban J connectivity index is 3.15. The molecular weight excluding hydrogens is 290 g/mol. The highest BCUT2D eigenvalue weighted by molar-refractivity contribution is 5.97. The summed E-state index contributed by atoms with van der Waals surface area (Å²) >= 11 is 0. The van der Waals surface area contributed by atoms with Crippen molar-refractivity contribution >= 4 is 5.84 Å². The molecule has 20 heavy (non-hydrogen) atoms. The lowest BCUT2D eigenvalue weighted by Gasteiger charge is -2.19. The van der Waals surface area contributed by atoms with Gasteiger partial charge in [0.1, 0.15) is 11.6 Å². The minimum atomic E-state index is -4.77. The van der Waals surface area contributed by atoms with Crippen molar-refractivity contribution in [3.05, 3.63) is 29.3 Å². The van der Waals surface area contributed by atoms with Crippen LogP contribution >= 0.6 is 0 Å². The van der Waals surface area contributed by atoms with E-state index in [2.05, 4.69) is 4.74 Å². The average Bonchev–Trinajstić information content (AvgIpc) is 2.25. The summed E-state index contributed by atoms with van der Waals surface area (Å²) in [5.41, 5.74) is 3.06. The molecule has 1 aromatic rings. The molecule has 0 aliphatic carbocycles. The van der Waals surface area contributed by atoms with Crippen molar-refractivity contribution < 1.29 is 31.1 Å². The lowest BCUT2D eigenvalue weighted by Crippen LogP contribution is -2.31. The molecule has 0 aliphatic rings. The third-order valence-corrected chi connectivity index (χ3v) is 2.36. The van der Waals surface area contributed by atoms with Crippen LogP contribution in [0.15, 0.2) is 18.2 Å². The Bertz CT molecular complexity index is 509. The van der Waals surface area contributed by atoms with Crippen molar-refractivity contribution in [3.63, 3.8) is 0 Å². The fraction of sp³-hybridized carbons (Fsp3) is 0.364. The molecule has 0 aliphatic heterocycles. The maximum atomic E-state index is 12.6. The van der Waals surface area contributed by atoms with E-state index in [-0.39, 0.29) is 0 Å². The molecule has 0 amide bonds. The Morgan fingerprint density at radius 3 is 2.15 bits per heavy atom. The molecule has 3 N–H and O–H groups in total. The lowest BCUT2D eigenvalue weighted by atomic mass is 10.1. The minimum absolute atomic E-state index is 0.451. The molecule has 0 spiro atoms. The summed E-state index contributed by atoms with van der Waals surface area (Å²) in [5, 5.41) is 7.06. The maximum Gasteiger partial charge on any atom is 0.425 e. The summed E-state index contributed by atoms with van der Waals surface area (Å²) in [6.45, 7) is 0.713. The molecule has 1 atom stereocenters. The number of amidine groups is 1. The molecule has 0 aromatic heterocycles. The van der Waals surface area contributed by atoms with Crippen LogP contribution < -0.4 is 10.5 Å². The number of halogens is 6. The monoisotopic (exact) mass is 300 g/mol. The van der Waals surface area contributed by atoms with Crippen molar-refractivity contribution in [1.82, 2.24) is 0 Å². The van der Waals surface area contributed by atoms with Crippen LogP contribution in [-0.4, -0.2) is 18.1 Å². The highest BCUT2D eigenvalue weighted by Gasteiger charge is 2.39. The quantitative estimate of drug-likeness (QED) is 0.511. The van der Waals surface area contributed by atoms with Gasteiger partial charge in [-0.05, 0) is 25.1 Å². The molecule has 9 heteroatoms. The van der Waals surface area contributed by atoms with Crippen LogP contribution in [0.25, 0.3) is 0 Å². The van der Waals surface area contributed by atoms with E-state index in [0.29, 0.717) is 19.1 Å². The second-order valence-electron chi connectivity index (χ2n) is 3.92. The molecule has 0 fully saturated rings. The third-order valence-electron chi connectivity index (χ3n) is 2.36. The molecule has 0 bridgehead atoms. The van der Waals surface area contributed by atoms with E-state index in [1.807, 2.05) is 0 Å². The number of hydrogen-bond acceptors (Lipinski definition) is 2. The summed E-state index contributed by atoms with van der Waals surface area (Å²) in [4.78, 5) is 0. The second-order valence-corrected chi connectivity index (χ2v) is 3.92. The van der Waals surface area contributed by atoms with Gasteiger partial charge in [0, 0.05) is 5.56 Å². The number of hydrogen-bond donors (Lipinski definition) is 2. The topological polar surface area (TPSA) is 59.1 Å². The summed E-state index contributed by atoms with van der Waals surface area (Å²) in [6, 6.07) is 1.93. The Labute approximate surface area is 109 Å². The Kier molecular flexibility index (Phi) is 4.21. The molecule has 0 heterocycles. The van der Waals surface area contributed by atoms with Crippen LogP contribution in [-0.2, 0) is 6.18 Å². The van der Waals surface area contributed by atoms with E-state index < -0.39 is 41.2 Å². The number of nitrogens with two attached hydrogens (primary N) is 1. The first kappa shape index (κ1) is 16.1. The number of ether oxygens (including phenoxy) is 1. The maximum absolute atomic E-state index is 12.6. The SMILES string of the molecule is CC(Oc1ccc(C(F)(F)F)c(C(=N)N)c1)C(F)(F)F. The van der Waals surface area contributed by atoms with Gasteiger partial charge in [-0.1, -0.05) is 0 Å². The largest absolute Gasteiger partial charge is 0.481 e. The second kappa shape index (κ2) is 5.22. The van der Waals surface area contributed by atoms with E-state index in [1.165, 1.54) is 0 Å². The zero-order valence-electron chi connectivity index (χ0n) is 10.1. The van der Waals surface area contributed by atoms with Gasteiger partial charge < -0.3 is 10.5 Å². The fourth-order valence-electron chi connectivity index (χ4n) is 1.34. The molecule has 0 saturated heterocycles. The van der Waals surface area contributed by atoms with Gasteiger partial charge >= 0.3 is 12.4 Å². The molecule has 1 rings (SSSR count). The Hall–Kier alpha value is -1.93. The minimum Gasteiger partial charge on any atom is -0.481 e. The third kappa shape index (κ3) is 3.78. The zero-order valence-corrected chi connectivity index (χ0v) is 10.1. The normalized spacial score (nSPS) is 13.9. The highest BCUT2D eigenvalue weighted by Crippen LogP contribution is 2.34. The van der Waals surface area contributed by atoms with Gasteiger partial charge in [-0.2, -0.15) is 26.3 Å². The van der Waals surface area contributed by atoms with Gasteiger partial charge in [0.15, 0.2) is 6.10 Å². The Morgan fingerprint density at radius 1 is 1.20 bits per heavy atom. The van der Waals surface area contributed by atoms with Crippen LogP contribution in [0.3, 0.4) is 0 Å². The van der Waals surface area contributed by atoms with Crippen molar-refractivity contribution in [1.29, 1.82) is 5.41 Å². The summed E-state index contributed by atoms with van der Waals surface area (Å²) < 4.78 is 79.2. The van der Waals surface area contributed by atoms with Crippen molar-refractivity contribution in [2.24, 2.45) is 5.73 Å². The van der Waals surface area contributed by atoms with Gasteiger partial charge in [0.05, 0.1) is 5.56 Å². The van der Waals surface area contributed by atoms with Gasteiger partial charge in [-0.3, -0.25) is 5.41 Å². The standard InChI is InChI=1S/C11H10F6N2O/c1-5(10(12,13)14)20-6-2-3-8(11(15,16)17)7(4-6)9(18)19/h2-5H,1H3,(H3,18,19). The summed E-state index contributed by atoms with van der Waals surface area (Å²) in [5.74, 6) is -1.37. The molecule has 112 valence electrons. The van der Waals surface area contributed by atoms with Crippen LogP contribution in [0.4, 0.5) is 26.3 Å². The van der Waals surface area contributed by atoms with Crippen molar-refractivity contribution in [2.75, 3.05) is 0 Å². The zero-order chi connectivity index (χ0) is 15.7. The molecule has 1 unspecified atom stereocenters. The number of alkyl halides is 6. The first-order chi connectivity index (χ1) is 8.93. The van der Waals surface area contributed by atoms with Gasteiger partial charge in [-0.25, -0.2) is 0 Å². The van der Waals surface area contributed by atoms with Crippen molar-refractivity contribution in [2.45, 2.75) is 25.4 Å². The average molecular weight is 300 g/mol. The first-order valence-electron chi connectivity index (χ1n) is 5.22. The Morgan fingerprint density at radius 2 is 1.75 bits per heavy atom. The van der Waals surface area contributed by atoms with E-state index in [0.717, 1.165) is 6.07 Å². The highest BCUT2D eigenvalue weighted by atomic mass is 19.4. The van der Waals surface area contributed by atoms with Crippen molar-refractivity contribution in [3.8, 4) is 5.75 Å². The first-order valence-corrected chi connectivity index (χ1v) is 5.22. The number of nitrogen functional groups attached to an aromatic ring is 1. The van der Waals surface area contributed by atoms with Gasteiger partial charge in [0.2, 0.25) is 0 Å². The van der Waals surface area contributed by atoms with Crippen LogP contribution in [0.1, 0.15) is 18.1 Å². The van der Waals surface area contributed by atoms with E-state index in [1.54, 1.807) is 0 Å². The number of nitrogens with one attached hydrogen (secondary N) is 1. The van der Waals surface area contributed by atoms with Gasteiger partial charge in [0.25, 0.3) is 0 Å². The summed E-state index contributed by atoms with van der Waals surface area (Å²) in [7, 11) is 0. The number of benzene rings is 1. The molecular formula is C11H10F6N2O. The van der Waals surface area contributed by atoms with E-state index >= 15 is 0 Å². The molecule has 0 saturated carbocycles. The molecule has 1 aromatic carbocycles. The predicted octanol–water partition coefficient (Wildman–Crippen LogP) is 3.32. The smallest absolute Gasteiger partial charge is 0.425 e. The molecule has 3 nitrogen and oxygen atoms in total. The van der Waals surface area contributed by atoms with E-state index in [9.17, 15) is 26.3 Å². The lowest BCUT2D eigenvalue weighted by molar-refractivity contribution is -0.189. The fourth-order valence-corrected chi connectivity index (χ4v) is 1.34. The van der Waals surface area contributed by atoms with Crippen LogP contribution in [0.5, 0.6) is 5.75 Å². The summed E-state index contributed by atoms with van der Waals surface area (Å²) in [6.07, 6.45) is -11.6. The van der Waals surface area contributed by atoms with Crippen LogP contribution in [0.2, 0.25) is 0 Å². The van der Waals surface area contributed by atoms with E-state index in [4.69, 9.17) is 11.1 Å². The number of rotatable bonds is 3. The predicted molar refractivity (Wildman–Crippen MR) is 58.6 cm³/mol. The van der Waals surface area contributed by atoms with Gasteiger partial charge in [-0.15, -0.1) is 0 Å². The van der Waals surface area contributed by atoms with Crippen LogP contribution in [0, 0.1) is 5.41 Å². The molecule has 0 radical (unpaired) electrons.